The van der Waals surface area contributed by atoms with Crippen molar-refractivity contribution in [2.75, 3.05) is 13.1 Å². The van der Waals surface area contributed by atoms with Gasteiger partial charge in [0.2, 0.25) is 5.91 Å². The van der Waals surface area contributed by atoms with Crippen LogP contribution in [0.15, 0.2) is 77.7 Å². The molecule has 3 aliphatic rings. The van der Waals surface area contributed by atoms with E-state index in [2.05, 4.69) is 36.4 Å². The molecular formula is C27H24FNO2S. The number of benzene rings is 3. The van der Waals surface area contributed by atoms with Gasteiger partial charge in [0.1, 0.15) is 11.4 Å². The van der Waals surface area contributed by atoms with Gasteiger partial charge in [-0.3, -0.25) is 4.79 Å². The second kappa shape index (κ2) is 7.46. The van der Waals surface area contributed by atoms with E-state index in [1.807, 2.05) is 17.0 Å². The fraction of sp³-hybridized carbons (Fsp3) is 0.296. The monoisotopic (exact) mass is 445 g/mol. The molecule has 2 aliphatic heterocycles. The van der Waals surface area contributed by atoms with Crippen LogP contribution in [-0.4, -0.2) is 28.6 Å². The summed E-state index contributed by atoms with van der Waals surface area (Å²) in [7, 11) is 0. The van der Waals surface area contributed by atoms with E-state index in [-0.39, 0.29) is 22.1 Å². The van der Waals surface area contributed by atoms with Crippen molar-refractivity contribution in [3.63, 3.8) is 0 Å². The summed E-state index contributed by atoms with van der Waals surface area (Å²) in [6.45, 7) is 2.03. The Hall–Kier alpha value is -2.63. The van der Waals surface area contributed by atoms with Gasteiger partial charge in [-0.1, -0.05) is 48.5 Å². The van der Waals surface area contributed by atoms with E-state index in [4.69, 9.17) is 4.74 Å². The van der Waals surface area contributed by atoms with Gasteiger partial charge in [-0.2, -0.15) is 0 Å². The first-order chi connectivity index (χ1) is 15.6. The molecule has 0 N–H and O–H groups in total. The largest absolute Gasteiger partial charge is 0.364 e. The van der Waals surface area contributed by atoms with Gasteiger partial charge in [0, 0.05) is 11.4 Å². The molecule has 1 aliphatic carbocycles. The van der Waals surface area contributed by atoms with Crippen LogP contribution in [0.25, 0.3) is 11.1 Å². The first-order valence-electron chi connectivity index (χ1n) is 11.1. The van der Waals surface area contributed by atoms with Gasteiger partial charge in [0.15, 0.2) is 0 Å². The Labute approximate surface area is 191 Å². The first-order valence-corrected chi connectivity index (χ1v) is 12.0. The molecular weight excluding hydrogens is 421 g/mol. The van der Waals surface area contributed by atoms with E-state index < -0.39 is 0 Å². The van der Waals surface area contributed by atoms with Gasteiger partial charge in [0.25, 0.3) is 0 Å². The SMILES string of the molecule is O=C(N1CCC2(C1)OCc1ccccc12)C1(Sc2ccc(-c3ccc(F)cc3)cc2)CC1. The minimum absolute atomic E-state index is 0.231. The van der Waals surface area contributed by atoms with Crippen LogP contribution in [0, 0.1) is 5.82 Å². The van der Waals surface area contributed by atoms with Gasteiger partial charge in [-0.05, 0) is 65.8 Å². The third kappa shape index (κ3) is 3.35. The second-order valence-corrected chi connectivity index (χ2v) is 10.5. The number of carbonyl (C=O) groups is 1. The number of fused-ring (bicyclic) bond motifs is 2. The van der Waals surface area contributed by atoms with Crippen LogP contribution in [-0.2, 0) is 21.7 Å². The summed E-state index contributed by atoms with van der Waals surface area (Å²) in [5, 5.41) is 0. The van der Waals surface area contributed by atoms with Crippen LogP contribution in [0.3, 0.4) is 0 Å². The number of nitrogens with zero attached hydrogens (tertiary/aromatic N) is 1. The molecule has 2 fully saturated rings. The number of likely N-dealkylation sites (tertiary alicyclic amines) is 1. The highest BCUT2D eigenvalue weighted by Gasteiger charge is 2.56. The molecule has 32 heavy (non-hydrogen) atoms. The predicted molar refractivity (Wildman–Crippen MR) is 124 cm³/mol. The maximum Gasteiger partial charge on any atom is 0.239 e. The van der Waals surface area contributed by atoms with Crippen molar-refractivity contribution in [1.29, 1.82) is 0 Å². The van der Waals surface area contributed by atoms with Crippen molar-refractivity contribution in [3.8, 4) is 11.1 Å². The van der Waals surface area contributed by atoms with Crippen LogP contribution in [0.2, 0.25) is 0 Å². The number of rotatable bonds is 4. The van der Waals surface area contributed by atoms with Crippen molar-refractivity contribution < 1.29 is 13.9 Å². The summed E-state index contributed by atoms with van der Waals surface area (Å²) in [5.74, 6) is 0.0141. The molecule has 162 valence electrons. The second-order valence-electron chi connectivity index (χ2n) is 9.04. The van der Waals surface area contributed by atoms with Gasteiger partial charge in [-0.15, -0.1) is 11.8 Å². The number of ether oxygens (including phenoxy) is 1. The summed E-state index contributed by atoms with van der Waals surface area (Å²) in [4.78, 5) is 16.6. The average molecular weight is 446 g/mol. The van der Waals surface area contributed by atoms with Crippen molar-refractivity contribution in [1.82, 2.24) is 4.90 Å². The molecule has 3 nitrogen and oxygen atoms in total. The number of amides is 1. The Balaban J connectivity index is 1.16. The predicted octanol–water partition coefficient (Wildman–Crippen LogP) is 5.78. The van der Waals surface area contributed by atoms with Gasteiger partial charge in [0.05, 0.1) is 17.9 Å². The normalized spacial score (nSPS) is 22.8. The Morgan fingerprint density at radius 3 is 2.31 bits per heavy atom. The zero-order valence-corrected chi connectivity index (χ0v) is 18.5. The molecule has 0 radical (unpaired) electrons. The third-order valence-electron chi connectivity index (χ3n) is 6.97. The number of halogens is 1. The summed E-state index contributed by atoms with van der Waals surface area (Å²) in [6, 6.07) is 23.2. The topological polar surface area (TPSA) is 29.5 Å². The van der Waals surface area contributed by atoms with E-state index in [0.29, 0.717) is 13.2 Å². The fourth-order valence-electron chi connectivity index (χ4n) is 5.02. The lowest BCUT2D eigenvalue weighted by Gasteiger charge is -2.27. The molecule has 3 aromatic carbocycles. The number of hydrogen-bond acceptors (Lipinski definition) is 3. The Bertz CT molecular complexity index is 1170. The Morgan fingerprint density at radius 1 is 0.906 bits per heavy atom. The Morgan fingerprint density at radius 2 is 1.59 bits per heavy atom. The summed E-state index contributed by atoms with van der Waals surface area (Å²) >= 11 is 1.68. The van der Waals surface area contributed by atoms with E-state index >= 15 is 0 Å². The van der Waals surface area contributed by atoms with Crippen LogP contribution >= 0.6 is 11.8 Å². The quantitative estimate of drug-likeness (QED) is 0.510. The molecule has 5 heteroatoms. The lowest BCUT2D eigenvalue weighted by molar-refractivity contribution is -0.132. The summed E-state index contributed by atoms with van der Waals surface area (Å²) < 4.78 is 19.1. The van der Waals surface area contributed by atoms with E-state index in [9.17, 15) is 9.18 Å². The first kappa shape index (κ1) is 20.0. The highest BCUT2D eigenvalue weighted by Crippen LogP contribution is 2.54. The lowest BCUT2D eigenvalue weighted by Crippen LogP contribution is -2.40. The fourth-order valence-corrected chi connectivity index (χ4v) is 6.27. The van der Waals surface area contributed by atoms with Crippen LogP contribution in [0.5, 0.6) is 0 Å². The molecule has 1 atom stereocenters. The minimum Gasteiger partial charge on any atom is -0.364 e. The molecule has 1 unspecified atom stereocenters. The highest BCUT2D eigenvalue weighted by atomic mass is 32.2. The van der Waals surface area contributed by atoms with Gasteiger partial charge >= 0.3 is 0 Å². The molecule has 1 saturated heterocycles. The lowest BCUT2D eigenvalue weighted by atomic mass is 9.92. The highest BCUT2D eigenvalue weighted by molar-refractivity contribution is 8.01. The molecule has 1 spiro atoms. The van der Waals surface area contributed by atoms with E-state index in [0.717, 1.165) is 41.8 Å². The smallest absolute Gasteiger partial charge is 0.239 e. The third-order valence-corrected chi connectivity index (χ3v) is 8.45. The molecule has 1 amide bonds. The van der Waals surface area contributed by atoms with Crippen molar-refractivity contribution in [3.05, 3.63) is 89.7 Å². The minimum atomic E-state index is -0.346. The van der Waals surface area contributed by atoms with Crippen molar-refractivity contribution in [2.45, 2.75) is 41.1 Å². The molecule has 1 saturated carbocycles. The molecule has 2 heterocycles. The van der Waals surface area contributed by atoms with Crippen molar-refractivity contribution in [2.24, 2.45) is 0 Å². The Kier molecular flexibility index (Phi) is 4.67. The number of carbonyl (C=O) groups excluding carboxylic acids is 1. The zero-order chi connectivity index (χ0) is 21.8. The maximum absolute atomic E-state index is 13.5. The van der Waals surface area contributed by atoms with Crippen molar-refractivity contribution >= 4 is 17.7 Å². The average Bonchev–Trinajstić information content (AvgIpc) is 3.34. The van der Waals surface area contributed by atoms with Crippen LogP contribution in [0.4, 0.5) is 4.39 Å². The van der Waals surface area contributed by atoms with Crippen LogP contribution < -0.4 is 0 Å². The van der Waals surface area contributed by atoms with Crippen LogP contribution in [0.1, 0.15) is 30.4 Å². The number of hydrogen-bond donors (Lipinski definition) is 0. The molecule has 0 aromatic heterocycles. The summed E-state index contributed by atoms with van der Waals surface area (Å²) in [6.07, 6.45) is 2.69. The number of thioether (sulfide) groups is 1. The zero-order valence-electron chi connectivity index (χ0n) is 17.7. The molecule has 0 bridgehead atoms. The van der Waals surface area contributed by atoms with Gasteiger partial charge < -0.3 is 9.64 Å². The summed E-state index contributed by atoms with van der Waals surface area (Å²) in [5.41, 5.74) is 4.20. The maximum atomic E-state index is 13.5. The standard InChI is InChI=1S/C27H24FNO2S/c28-22-9-5-19(6-10-22)20-7-11-23(12-8-20)32-27(13-14-27)25(30)29-16-15-26(18-29)24-4-2-1-3-21(24)17-31-26/h1-12H,13-18H2. The van der Waals surface area contributed by atoms with Gasteiger partial charge in [-0.25, -0.2) is 4.39 Å². The molecule has 6 rings (SSSR count). The van der Waals surface area contributed by atoms with E-state index in [1.165, 1.54) is 23.3 Å². The molecule has 3 aromatic rings. The van der Waals surface area contributed by atoms with E-state index in [1.54, 1.807) is 23.9 Å².